The number of anilines is 1. The van der Waals surface area contributed by atoms with Gasteiger partial charge in [0.1, 0.15) is 11.4 Å². The number of nitrogens with one attached hydrogen (secondary N) is 1. The lowest BCUT2D eigenvalue weighted by molar-refractivity contribution is -0.384. The zero-order chi connectivity index (χ0) is 22.8. The van der Waals surface area contributed by atoms with Gasteiger partial charge in [-0.15, -0.1) is 0 Å². The molecular formula is C21H25N3O6S. The Hall–Kier alpha value is -2.98. The molecule has 3 rings (SSSR count). The van der Waals surface area contributed by atoms with E-state index in [1.165, 1.54) is 53.9 Å². The number of rotatable bonds is 6. The second-order valence-corrected chi connectivity index (χ2v) is 9.82. The molecule has 10 heteroatoms. The number of carbonyl (C=O) groups excluding carboxylic acids is 1. The molecule has 166 valence electrons. The molecule has 2 aromatic rings. The van der Waals surface area contributed by atoms with Crippen LogP contribution in [0.4, 0.5) is 11.4 Å². The van der Waals surface area contributed by atoms with Crippen LogP contribution in [0.3, 0.4) is 0 Å². The Labute approximate surface area is 181 Å². The van der Waals surface area contributed by atoms with Crippen molar-refractivity contribution in [2.24, 2.45) is 11.8 Å². The average molecular weight is 448 g/mol. The molecule has 0 unspecified atom stereocenters. The maximum absolute atomic E-state index is 13.0. The van der Waals surface area contributed by atoms with E-state index in [1.807, 2.05) is 13.8 Å². The molecular weight excluding hydrogens is 422 g/mol. The van der Waals surface area contributed by atoms with Crippen molar-refractivity contribution < 1.29 is 22.9 Å². The molecule has 1 aliphatic rings. The third kappa shape index (κ3) is 5.02. The Morgan fingerprint density at radius 3 is 2.29 bits per heavy atom. The summed E-state index contributed by atoms with van der Waals surface area (Å²) >= 11 is 0. The van der Waals surface area contributed by atoms with E-state index >= 15 is 0 Å². The molecule has 1 fully saturated rings. The van der Waals surface area contributed by atoms with E-state index in [0.29, 0.717) is 18.8 Å². The van der Waals surface area contributed by atoms with Gasteiger partial charge in [0.2, 0.25) is 10.0 Å². The molecule has 2 aromatic carbocycles. The largest absolute Gasteiger partial charge is 0.496 e. The van der Waals surface area contributed by atoms with E-state index in [2.05, 4.69) is 5.32 Å². The first-order chi connectivity index (χ1) is 14.6. The second kappa shape index (κ2) is 9.03. The highest BCUT2D eigenvalue weighted by atomic mass is 32.2. The summed E-state index contributed by atoms with van der Waals surface area (Å²) in [7, 11) is -2.27. The molecule has 1 amide bonds. The first kappa shape index (κ1) is 22.7. The van der Waals surface area contributed by atoms with Gasteiger partial charge >= 0.3 is 0 Å². The number of carbonyl (C=O) groups is 1. The second-order valence-electron chi connectivity index (χ2n) is 7.89. The smallest absolute Gasteiger partial charge is 0.296 e. The quantitative estimate of drug-likeness (QED) is 0.535. The summed E-state index contributed by atoms with van der Waals surface area (Å²) < 4.78 is 32.4. The molecule has 1 heterocycles. The zero-order valence-electron chi connectivity index (χ0n) is 17.6. The average Bonchev–Trinajstić information content (AvgIpc) is 2.73. The molecule has 1 N–H and O–H groups in total. The number of hydrogen-bond acceptors (Lipinski definition) is 6. The van der Waals surface area contributed by atoms with Crippen molar-refractivity contribution >= 4 is 27.3 Å². The van der Waals surface area contributed by atoms with E-state index in [9.17, 15) is 23.3 Å². The fourth-order valence-electron chi connectivity index (χ4n) is 3.82. The molecule has 0 bridgehead atoms. The Bertz CT molecular complexity index is 1070. The number of nitro benzene ring substituents is 1. The summed E-state index contributed by atoms with van der Waals surface area (Å²) in [6.07, 6.45) is 0.989. The van der Waals surface area contributed by atoms with Gasteiger partial charge in [-0.2, -0.15) is 4.31 Å². The predicted octanol–water partition coefficient (Wildman–Crippen LogP) is 3.52. The van der Waals surface area contributed by atoms with E-state index in [0.717, 1.165) is 6.42 Å². The van der Waals surface area contributed by atoms with E-state index in [-0.39, 0.29) is 33.7 Å². The molecule has 1 saturated heterocycles. The Balaban J connectivity index is 1.79. The number of ether oxygens (including phenoxy) is 1. The van der Waals surface area contributed by atoms with Crippen molar-refractivity contribution in [3.05, 3.63) is 58.1 Å². The predicted molar refractivity (Wildman–Crippen MR) is 116 cm³/mol. The number of hydrogen-bond donors (Lipinski definition) is 1. The molecule has 1 aliphatic heterocycles. The van der Waals surface area contributed by atoms with Gasteiger partial charge in [0.15, 0.2) is 0 Å². The van der Waals surface area contributed by atoms with E-state index < -0.39 is 20.9 Å². The first-order valence-electron chi connectivity index (χ1n) is 9.85. The van der Waals surface area contributed by atoms with E-state index in [1.54, 1.807) is 0 Å². The molecule has 0 radical (unpaired) electrons. The maximum atomic E-state index is 13.0. The SMILES string of the molecule is COc1ccc(NC(=O)c2ccc(S(=O)(=O)N3C[C@H](C)C[C@@H](C)C3)cc2)c([N+](=O)[O-])c1. The van der Waals surface area contributed by atoms with Crippen molar-refractivity contribution in [2.45, 2.75) is 25.2 Å². The van der Waals surface area contributed by atoms with Gasteiger partial charge in [-0.1, -0.05) is 13.8 Å². The third-order valence-corrected chi connectivity index (χ3v) is 7.09. The van der Waals surface area contributed by atoms with Crippen molar-refractivity contribution in [3.8, 4) is 5.75 Å². The number of nitrogens with zero attached hydrogens (tertiary/aromatic N) is 2. The van der Waals surface area contributed by atoms with Crippen LogP contribution in [-0.2, 0) is 10.0 Å². The number of methoxy groups -OCH3 is 1. The van der Waals surface area contributed by atoms with Crippen molar-refractivity contribution in [1.29, 1.82) is 0 Å². The molecule has 0 spiro atoms. The molecule has 9 nitrogen and oxygen atoms in total. The summed E-state index contributed by atoms with van der Waals surface area (Å²) in [6.45, 7) is 5.00. The van der Waals surface area contributed by atoms with Crippen molar-refractivity contribution in [1.82, 2.24) is 4.31 Å². The fourth-order valence-corrected chi connectivity index (χ4v) is 5.50. The maximum Gasteiger partial charge on any atom is 0.296 e. The standard InChI is InChI=1S/C21H25N3O6S/c1-14-10-15(2)13-23(12-14)31(28,29)18-7-4-16(5-8-18)21(25)22-19-9-6-17(30-3)11-20(19)24(26)27/h4-9,11,14-15H,10,12-13H2,1-3H3,(H,22,25)/t14-,15-/m1/s1. The highest BCUT2D eigenvalue weighted by Gasteiger charge is 2.31. The summed E-state index contributed by atoms with van der Waals surface area (Å²) in [4.78, 5) is 23.3. The van der Waals surface area contributed by atoms with Crippen molar-refractivity contribution in [2.75, 3.05) is 25.5 Å². The lowest BCUT2D eigenvalue weighted by Crippen LogP contribution is -2.42. The Morgan fingerprint density at radius 2 is 1.74 bits per heavy atom. The highest BCUT2D eigenvalue weighted by Crippen LogP contribution is 2.30. The molecule has 0 aliphatic carbocycles. The van der Waals surface area contributed by atoms with Gasteiger partial charge in [0.05, 0.1) is 23.0 Å². The Morgan fingerprint density at radius 1 is 1.13 bits per heavy atom. The number of benzene rings is 2. The van der Waals surface area contributed by atoms with Gasteiger partial charge in [0, 0.05) is 18.7 Å². The lowest BCUT2D eigenvalue weighted by Gasteiger charge is -2.34. The van der Waals surface area contributed by atoms with Gasteiger partial charge < -0.3 is 10.1 Å². The lowest BCUT2D eigenvalue weighted by atomic mass is 9.94. The minimum Gasteiger partial charge on any atom is -0.496 e. The van der Waals surface area contributed by atoms with Crippen LogP contribution in [0.25, 0.3) is 0 Å². The summed E-state index contributed by atoms with van der Waals surface area (Å²) in [5.74, 6) is 0.269. The van der Waals surface area contributed by atoms with Crippen molar-refractivity contribution in [3.63, 3.8) is 0 Å². The molecule has 2 atom stereocenters. The number of amides is 1. The van der Waals surface area contributed by atoms with Gasteiger partial charge in [-0.05, 0) is 54.7 Å². The topological polar surface area (TPSA) is 119 Å². The minimum absolute atomic E-state index is 0.0174. The van der Waals surface area contributed by atoms with Gasteiger partial charge in [0.25, 0.3) is 11.6 Å². The van der Waals surface area contributed by atoms with Crippen LogP contribution in [0, 0.1) is 22.0 Å². The number of nitro groups is 1. The van der Waals surface area contributed by atoms with Gasteiger partial charge in [-0.25, -0.2) is 8.42 Å². The van der Waals surface area contributed by atoms with Gasteiger partial charge in [-0.3, -0.25) is 14.9 Å². The Kier molecular flexibility index (Phi) is 6.61. The van der Waals surface area contributed by atoms with Crippen LogP contribution < -0.4 is 10.1 Å². The number of piperidine rings is 1. The summed E-state index contributed by atoms with van der Waals surface area (Å²) in [5.41, 5.74) is -0.103. The van der Waals surface area contributed by atoms with Crippen LogP contribution in [0.2, 0.25) is 0 Å². The normalized spacial score (nSPS) is 19.6. The monoisotopic (exact) mass is 447 g/mol. The van der Waals surface area contributed by atoms with Crippen LogP contribution >= 0.6 is 0 Å². The minimum atomic E-state index is -3.66. The van der Waals surface area contributed by atoms with Crippen LogP contribution in [0.1, 0.15) is 30.6 Å². The molecule has 31 heavy (non-hydrogen) atoms. The highest BCUT2D eigenvalue weighted by molar-refractivity contribution is 7.89. The third-order valence-electron chi connectivity index (χ3n) is 5.24. The van der Waals surface area contributed by atoms with Crippen LogP contribution in [0.5, 0.6) is 5.75 Å². The fraction of sp³-hybridized carbons (Fsp3) is 0.381. The number of sulfonamides is 1. The van der Waals surface area contributed by atoms with Crippen LogP contribution in [-0.4, -0.2) is 43.8 Å². The first-order valence-corrected chi connectivity index (χ1v) is 11.3. The molecule has 0 saturated carbocycles. The zero-order valence-corrected chi connectivity index (χ0v) is 18.4. The van der Waals surface area contributed by atoms with E-state index in [4.69, 9.17) is 4.74 Å². The van der Waals surface area contributed by atoms with Crippen LogP contribution in [0.15, 0.2) is 47.4 Å². The molecule has 0 aromatic heterocycles. The summed E-state index contributed by atoms with van der Waals surface area (Å²) in [5, 5.41) is 13.8. The summed E-state index contributed by atoms with van der Waals surface area (Å²) in [6, 6.07) is 9.66.